The van der Waals surface area contributed by atoms with Crippen LogP contribution >= 0.6 is 0 Å². The molecule has 0 aliphatic heterocycles. The lowest BCUT2D eigenvalue weighted by Crippen LogP contribution is -2.45. The quantitative estimate of drug-likeness (QED) is 0.625. The molecule has 1 fully saturated rings. The van der Waals surface area contributed by atoms with E-state index in [9.17, 15) is 4.79 Å². The van der Waals surface area contributed by atoms with Gasteiger partial charge in [0.1, 0.15) is 0 Å². The van der Waals surface area contributed by atoms with E-state index in [1.165, 1.54) is 0 Å². The van der Waals surface area contributed by atoms with E-state index in [-0.39, 0.29) is 24.1 Å². The van der Waals surface area contributed by atoms with Crippen LogP contribution in [-0.4, -0.2) is 29.2 Å². The Morgan fingerprint density at radius 3 is 2.60 bits per heavy atom. The van der Waals surface area contributed by atoms with E-state index >= 15 is 0 Å². The molecule has 0 spiro atoms. The predicted molar refractivity (Wildman–Crippen MR) is 59.3 cm³/mol. The molecule has 1 atom stereocenters. The highest BCUT2D eigenvalue weighted by molar-refractivity contribution is 5.77. The summed E-state index contributed by atoms with van der Waals surface area (Å²) in [5.74, 6) is -0.0275. The maximum Gasteiger partial charge on any atom is 0.222 e. The Kier molecular flexibility index (Phi) is 4.54. The molecule has 15 heavy (non-hydrogen) atoms. The van der Waals surface area contributed by atoms with Crippen molar-refractivity contribution in [2.45, 2.75) is 57.0 Å². The van der Waals surface area contributed by atoms with E-state index in [1.54, 1.807) is 0 Å². The zero-order valence-corrected chi connectivity index (χ0v) is 9.46. The summed E-state index contributed by atoms with van der Waals surface area (Å²) in [6.45, 7) is 1.94. The minimum Gasteiger partial charge on any atom is -0.394 e. The fourth-order valence-electron chi connectivity index (χ4n) is 2.13. The van der Waals surface area contributed by atoms with E-state index in [0.717, 1.165) is 32.1 Å². The first-order valence-electron chi connectivity index (χ1n) is 5.79. The highest BCUT2D eigenvalue weighted by Gasteiger charge is 2.31. The van der Waals surface area contributed by atoms with Crippen LogP contribution in [-0.2, 0) is 4.79 Å². The number of carbonyl (C=O) groups excluding carboxylic acids is 1. The Balaban J connectivity index is 2.34. The van der Waals surface area contributed by atoms with Gasteiger partial charge in [-0.05, 0) is 19.3 Å². The van der Waals surface area contributed by atoms with Gasteiger partial charge in [-0.15, -0.1) is 0 Å². The average Bonchev–Trinajstić information content (AvgIpc) is 2.61. The van der Waals surface area contributed by atoms with Crippen LogP contribution in [0.25, 0.3) is 0 Å². The van der Waals surface area contributed by atoms with Crippen LogP contribution in [0.1, 0.15) is 45.4 Å². The highest BCUT2D eigenvalue weighted by atomic mass is 16.3. The fraction of sp³-hybridized carbons (Fsp3) is 0.909. The lowest BCUT2D eigenvalue weighted by Gasteiger charge is -2.24. The Morgan fingerprint density at radius 2 is 2.13 bits per heavy atom. The van der Waals surface area contributed by atoms with Gasteiger partial charge in [-0.25, -0.2) is 0 Å². The van der Waals surface area contributed by atoms with E-state index < -0.39 is 0 Å². The van der Waals surface area contributed by atoms with Gasteiger partial charge in [0.25, 0.3) is 0 Å². The predicted octanol–water partition coefficient (Wildman–Crippen LogP) is 0.535. The number of aliphatic hydroxyl groups is 1. The lowest BCUT2D eigenvalue weighted by atomic mass is 9.94. The largest absolute Gasteiger partial charge is 0.394 e. The second-order valence-corrected chi connectivity index (χ2v) is 4.60. The van der Waals surface area contributed by atoms with Crippen molar-refractivity contribution in [3.05, 3.63) is 0 Å². The smallest absolute Gasteiger partial charge is 0.222 e. The topological polar surface area (TPSA) is 75.3 Å². The molecular weight excluding hydrogens is 192 g/mol. The van der Waals surface area contributed by atoms with Gasteiger partial charge in [-0.2, -0.15) is 0 Å². The molecule has 0 heterocycles. The molecule has 0 radical (unpaired) electrons. The average molecular weight is 214 g/mol. The molecule has 88 valence electrons. The van der Waals surface area contributed by atoms with E-state index in [4.69, 9.17) is 10.8 Å². The lowest BCUT2D eigenvalue weighted by molar-refractivity contribution is -0.123. The van der Waals surface area contributed by atoms with Gasteiger partial charge < -0.3 is 16.2 Å². The normalized spacial score (nSPS) is 21.3. The molecule has 0 aromatic heterocycles. The summed E-state index contributed by atoms with van der Waals surface area (Å²) >= 11 is 0. The molecule has 0 saturated heterocycles. The summed E-state index contributed by atoms with van der Waals surface area (Å²) in [6, 6.07) is -0.123. The second kappa shape index (κ2) is 5.47. The first kappa shape index (κ1) is 12.5. The van der Waals surface area contributed by atoms with Gasteiger partial charge >= 0.3 is 0 Å². The number of rotatable bonds is 5. The summed E-state index contributed by atoms with van der Waals surface area (Å²) in [4.78, 5) is 11.6. The van der Waals surface area contributed by atoms with Gasteiger partial charge in [0.05, 0.1) is 12.6 Å². The van der Waals surface area contributed by atoms with E-state index in [2.05, 4.69) is 5.32 Å². The fourth-order valence-corrected chi connectivity index (χ4v) is 2.13. The molecule has 1 rings (SSSR count). The molecule has 0 aromatic rings. The molecule has 1 aliphatic rings. The number of hydrogen-bond acceptors (Lipinski definition) is 3. The Labute approximate surface area is 91.2 Å². The maximum absolute atomic E-state index is 11.6. The van der Waals surface area contributed by atoms with Gasteiger partial charge in [0.15, 0.2) is 0 Å². The first-order valence-corrected chi connectivity index (χ1v) is 5.79. The molecule has 1 aliphatic carbocycles. The second-order valence-electron chi connectivity index (χ2n) is 4.60. The molecule has 1 unspecified atom stereocenters. The van der Waals surface area contributed by atoms with Gasteiger partial charge in [-0.1, -0.05) is 19.8 Å². The third kappa shape index (κ3) is 3.80. The van der Waals surface area contributed by atoms with Gasteiger partial charge in [-0.3, -0.25) is 4.79 Å². The molecule has 4 nitrogen and oxygen atoms in total. The SMILES string of the molecule is CCC(CO)NC(=O)CC1(N)CCCC1. The van der Waals surface area contributed by atoms with Crippen LogP contribution in [0.5, 0.6) is 0 Å². The number of amides is 1. The van der Waals surface area contributed by atoms with Crippen LogP contribution in [0, 0.1) is 0 Å². The van der Waals surface area contributed by atoms with Gasteiger partial charge in [0, 0.05) is 12.0 Å². The molecule has 4 heteroatoms. The third-order valence-electron chi connectivity index (χ3n) is 3.19. The molecular formula is C11H22N2O2. The minimum absolute atomic E-state index is 0.000187. The first-order chi connectivity index (χ1) is 7.09. The zero-order chi connectivity index (χ0) is 11.3. The van der Waals surface area contributed by atoms with Crippen molar-refractivity contribution in [2.75, 3.05) is 6.61 Å². The Morgan fingerprint density at radius 1 is 1.53 bits per heavy atom. The monoisotopic (exact) mass is 214 g/mol. The Bertz CT molecular complexity index is 209. The summed E-state index contributed by atoms with van der Waals surface area (Å²) in [6.07, 6.45) is 5.28. The molecule has 0 bridgehead atoms. The van der Waals surface area contributed by atoms with E-state index in [0.29, 0.717) is 6.42 Å². The van der Waals surface area contributed by atoms with Crippen molar-refractivity contribution in [3.8, 4) is 0 Å². The number of hydrogen-bond donors (Lipinski definition) is 3. The van der Waals surface area contributed by atoms with Gasteiger partial charge in [0.2, 0.25) is 5.91 Å². The van der Waals surface area contributed by atoms with Crippen molar-refractivity contribution < 1.29 is 9.90 Å². The van der Waals surface area contributed by atoms with Crippen molar-refractivity contribution >= 4 is 5.91 Å². The maximum atomic E-state index is 11.6. The van der Waals surface area contributed by atoms with Crippen LogP contribution in [0.4, 0.5) is 0 Å². The molecule has 1 saturated carbocycles. The Hall–Kier alpha value is -0.610. The molecule has 0 aromatic carbocycles. The summed E-state index contributed by atoms with van der Waals surface area (Å²) in [7, 11) is 0. The van der Waals surface area contributed by atoms with Crippen LogP contribution in [0.3, 0.4) is 0 Å². The highest BCUT2D eigenvalue weighted by Crippen LogP contribution is 2.29. The number of nitrogens with two attached hydrogens (primary N) is 1. The number of aliphatic hydroxyl groups excluding tert-OH is 1. The summed E-state index contributed by atoms with van der Waals surface area (Å²) in [5.41, 5.74) is 5.80. The molecule has 1 amide bonds. The zero-order valence-electron chi connectivity index (χ0n) is 9.46. The third-order valence-corrected chi connectivity index (χ3v) is 3.19. The van der Waals surface area contributed by atoms with Crippen molar-refractivity contribution in [3.63, 3.8) is 0 Å². The number of carbonyl (C=O) groups is 1. The standard InChI is InChI=1S/C11H22N2O2/c1-2-9(8-14)13-10(15)7-11(12)5-3-4-6-11/h9,14H,2-8,12H2,1H3,(H,13,15). The molecule has 4 N–H and O–H groups in total. The van der Waals surface area contributed by atoms with Crippen LogP contribution in [0.2, 0.25) is 0 Å². The van der Waals surface area contributed by atoms with Crippen LogP contribution in [0.15, 0.2) is 0 Å². The van der Waals surface area contributed by atoms with Crippen LogP contribution < -0.4 is 11.1 Å². The van der Waals surface area contributed by atoms with Crippen molar-refractivity contribution in [2.24, 2.45) is 5.73 Å². The van der Waals surface area contributed by atoms with Crippen molar-refractivity contribution in [1.29, 1.82) is 0 Å². The minimum atomic E-state index is -0.294. The summed E-state index contributed by atoms with van der Waals surface area (Å²) in [5, 5.41) is 11.8. The number of nitrogens with one attached hydrogen (secondary N) is 1. The summed E-state index contributed by atoms with van der Waals surface area (Å²) < 4.78 is 0. The van der Waals surface area contributed by atoms with E-state index in [1.807, 2.05) is 6.92 Å². The van der Waals surface area contributed by atoms with Crippen molar-refractivity contribution in [1.82, 2.24) is 5.32 Å².